The van der Waals surface area contributed by atoms with Gasteiger partial charge < -0.3 is 41.6 Å². The molecular formula is C43H61N10O9S+. The average Bonchev–Trinajstić information content (AvgIpc) is 3.57. The monoisotopic (exact) mass is 893 g/mol. The van der Waals surface area contributed by atoms with Gasteiger partial charge in [0.15, 0.2) is 10.6 Å². The number of amides is 6. The van der Waals surface area contributed by atoms with Crippen molar-refractivity contribution in [3.05, 3.63) is 59.8 Å². The standard InChI is InChI=1S/C43H60N10O9S/c1-25(2)37(41(59)46-7)50-38(56)26(3)47-40(58)32(21-28-23-52(42(60)62-43(4,5)6)33-15-13-12-14-30(28)33)49-39(57)31(17-19-35(45)54)48-36(55)24-51(8)63(61)29-16-18-34(53(9,10)11)27(20-29)22-44/h12-16,18,20,23,25-26,31-32,37H,17,19,21,24H2,1-11H3,(H6-,45,46,47,48,49,50,54,55,56,57,58,59)/p+1/t26-,31-,32-,37-,63?/m0/s1. The Morgan fingerprint density at radius 3 is 2.13 bits per heavy atom. The van der Waals surface area contributed by atoms with Gasteiger partial charge in [-0.2, -0.15) is 5.26 Å². The number of likely N-dealkylation sites (N-methyl/N-ethyl adjacent to an activating group) is 2. The molecule has 1 heterocycles. The maximum Gasteiger partial charge on any atom is 0.419 e. The van der Waals surface area contributed by atoms with Crippen molar-refractivity contribution in [2.75, 3.05) is 41.8 Å². The molecule has 0 fully saturated rings. The maximum atomic E-state index is 14.2. The summed E-state index contributed by atoms with van der Waals surface area (Å²) in [5.41, 5.74) is 6.48. The Morgan fingerprint density at radius 1 is 0.921 bits per heavy atom. The van der Waals surface area contributed by atoms with Crippen molar-refractivity contribution in [3.63, 3.8) is 0 Å². The molecule has 0 aliphatic rings. The van der Waals surface area contributed by atoms with E-state index in [4.69, 9.17) is 10.5 Å². The van der Waals surface area contributed by atoms with Gasteiger partial charge in [-0.3, -0.25) is 37.8 Å². The number of benzene rings is 2. The Kier molecular flexibility index (Phi) is 17.8. The molecule has 1 unspecified atom stereocenters. The van der Waals surface area contributed by atoms with Crippen LogP contribution in [-0.4, -0.2) is 127 Å². The van der Waals surface area contributed by atoms with E-state index in [1.54, 1.807) is 71.0 Å². The highest BCUT2D eigenvalue weighted by Crippen LogP contribution is 2.27. The second-order valence-corrected chi connectivity index (χ2v) is 18.9. The summed E-state index contributed by atoms with van der Waals surface area (Å²) in [5, 5.41) is 23.3. The van der Waals surface area contributed by atoms with Gasteiger partial charge >= 0.3 is 6.09 Å². The van der Waals surface area contributed by atoms with Crippen molar-refractivity contribution in [1.82, 2.24) is 39.9 Å². The van der Waals surface area contributed by atoms with Crippen LogP contribution < -0.4 is 36.8 Å². The van der Waals surface area contributed by atoms with Gasteiger partial charge in [0.1, 0.15) is 47.9 Å². The average molecular weight is 894 g/mol. The fraction of sp³-hybridized carbons (Fsp3) is 0.488. The number of aromatic nitrogens is 1. The number of nitriles is 1. The van der Waals surface area contributed by atoms with Crippen LogP contribution in [0.1, 0.15) is 65.5 Å². The van der Waals surface area contributed by atoms with Crippen LogP contribution in [0.25, 0.3) is 10.9 Å². The summed E-state index contributed by atoms with van der Waals surface area (Å²) in [6.07, 6.45) is -0.0579. The van der Waals surface area contributed by atoms with Gasteiger partial charge in [-0.05, 0) is 51.7 Å². The van der Waals surface area contributed by atoms with Crippen LogP contribution in [-0.2, 0) is 51.3 Å². The number of hydrogen-bond acceptors (Lipinski definition) is 11. The number of nitrogens with zero attached hydrogens (tertiary/aromatic N) is 4. The lowest BCUT2D eigenvalue weighted by molar-refractivity contribution is -0.134. The fourth-order valence-corrected chi connectivity index (χ4v) is 7.46. The van der Waals surface area contributed by atoms with Gasteiger partial charge in [0.2, 0.25) is 35.4 Å². The predicted molar refractivity (Wildman–Crippen MR) is 238 cm³/mol. The number of nitrogens with two attached hydrogens (primary N) is 1. The minimum absolute atomic E-state index is 0.231. The molecule has 0 spiro atoms. The summed E-state index contributed by atoms with van der Waals surface area (Å²) in [6, 6.07) is 8.73. The van der Waals surface area contributed by atoms with E-state index in [9.17, 15) is 43.4 Å². The number of para-hydroxylation sites is 1. The third-order valence-electron chi connectivity index (χ3n) is 9.68. The number of quaternary nitrogens is 1. The molecule has 2 aromatic carbocycles. The van der Waals surface area contributed by atoms with Crippen LogP contribution in [0, 0.1) is 17.2 Å². The third-order valence-corrected chi connectivity index (χ3v) is 11.0. The topological polar surface area (TPSA) is 270 Å². The van der Waals surface area contributed by atoms with Crippen LogP contribution in [0.3, 0.4) is 0 Å². The summed E-state index contributed by atoms with van der Waals surface area (Å²) in [7, 11) is 8.49. The number of nitrogens with one attached hydrogen (secondary N) is 5. The van der Waals surface area contributed by atoms with Crippen LogP contribution in [0.15, 0.2) is 53.6 Å². The SMILES string of the molecule is CNC(=O)[C@@H](NC(=O)[C@H](C)NC(=O)[C@H](Cc1cn(C(=O)OC(C)(C)C)c2ccccc12)NC(=O)[C@H](CCC(N)=O)NC(=O)CN(C)[S+]([O-])c1ccc([N+](C)(C)C)c(C#N)c1)C(C)C. The summed E-state index contributed by atoms with van der Waals surface area (Å²) in [4.78, 5) is 93.0. The molecule has 0 saturated carbocycles. The molecule has 342 valence electrons. The molecule has 0 bridgehead atoms. The number of primary amides is 1. The van der Waals surface area contributed by atoms with Gasteiger partial charge in [0.05, 0.1) is 38.0 Å². The van der Waals surface area contributed by atoms with Crippen molar-refractivity contribution >= 4 is 69.5 Å². The molecule has 20 heteroatoms. The van der Waals surface area contributed by atoms with Crippen LogP contribution >= 0.6 is 0 Å². The Bertz CT molecular complexity index is 2220. The van der Waals surface area contributed by atoms with E-state index in [2.05, 4.69) is 32.7 Å². The van der Waals surface area contributed by atoms with Crippen LogP contribution in [0.4, 0.5) is 10.5 Å². The molecule has 1 aromatic heterocycles. The number of rotatable bonds is 19. The van der Waals surface area contributed by atoms with E-state index in [1.807, 2.05) is 21.1 Å². The van der Waals surface area contributed by atoms with Gasteiger partial charge in [-0.15, -0.1) is 4.31 Å². The summed E-state index contributed by atoms with van der Waals surface area (Å²) in [5.74, 6) is -4.67. The highest BCUT2D eigenvalue weighted by Gasteiger charge is 2.33. The first-order chi connectivity index (χ1) is 29.3. The van der Waals surface area contributed by atoms with E-state index < -0.39 is 89.2 Å². The molecular weight excluding hydrogens is 833 g/mol. The van der Waals surface area contributed by atoms with E-state index in [0.29, 0.717) is 32.2 Å². The first-order valence-corrected chi connectivity index (χ1v) is 21.4. The van der Waals surface area contributed by atoms with Gasteiger partial charge in [-0.1, -0.05) is 32.0 Å². The summed E-state index contributed by atoms with van der Waals surface area (Å²) in [6.45, 7) is 9.53. The van der Waals surface area contributed by atoms with E-state index in [1.165, 1.54) is 42.2 Å². The molecule has 3 rings (SSSR count). The van der Waals surface area contributed by atoms with Gasteiger partial charge in [0, 0.05) is 56.7 Å². The second-order valence-electron chi connectivity index (χ2n) is 17.3. The lowest BCUT2D eigenvalue weighted by atomic mass is 10.0. The minimum atomic E-state index is -1.91. The molecule has 63 heavy (non-hydrogen) atoms. The normalized spacial score (nSPS) is 14.1. The third kappa shape index (κ3) is 14.5. The second kappa shape index (κ2) is 21.9. The first-order valence-electron chi connectivity index (χ1n) is 20.3. The smallest absolute Gasteiger partial charge is 0.419 e. The lowest BCUT2D eigenvalue weighted by Crippen LogP contribution is -2.58. The molecule has 0 aliphatic heterocycles. The largest absolute Gasteiger partial charge is 0.593 e. The predicted octanol–water partition coefficient (Wildman–Crippen LogP) is 1.32. The van der Waals surface area contributed by atoms with Crippen molar-refractivity contribution < 1.29 is 42.9 Å². The minimum Gasteiger partial charge on any atom is -0.593 e. The Balaban J connectivity index is 1.96. The molecule has 7 N–H and O–H groups in total. The highest BCUT2D eigenvalue weighted by atomic mass is 32.2. The van der Waals surface area contributed by atoms with Crippen LogP contribution in [0.2, 0.25) is 0 Å². The number of carbonyl (C=O) groups is 7. The fourth-order valence-electron chi connectivity index (χ4n) is 6.46. The Labute approximate surface area is 371 Å². The lowest BCUT2D eigenvalue weighted by Gasteiger charge is -2.26. The number of fused-ring (bicyclic) bond motifs is 1. The summed E-state index contributed by atoms with van der Waals surface area (Å²) >= 11 is -1.91. The zero-order valence-corrected chi connectivity index (χ0v) is 38.6. The van der Waals surface area contributed by atoms with E-state index >= 15 is 0 Å². The quantitative estimate of drug-likeness (QED) is 0.0738. The van der Waals surface area contributed by atoms with Crippen LogP contribution in [0.5, 0.6) is 0 Å². The van der Waals surface area contributed by atoms with Crippen molar-refractivity contribution in [1.29, 1.82) is 5.26 Å². The van der Waals surface area contributed by atoms with Crippen molar-refractivity contribution in [3.8, 4) is 6.07 Å². The van der Waals surface area contributed by atoms with E-state index in [0.717, 1.165) is 0 Å². The number of carbonyl (C=O) groups excluding carboxylic acids is 7. The van der Waals surface area contributed by atoms with Gasteiger partial charge in [-0.25, -0.2) is 4.79 Å². The molecule has 0 saturated heterocycles. The molecule has 5 atom stereocenters. The molecule has 0 aliphatic carbocycles. The number of hydrogen-bond donors (Lipinski definition) is 6. The zero-order valence-electron chi connectivity index (χ0n) is 37.8. The highest BCUT2D eigenvalue weighted by molar-refractivity contribution is 7.89. The molecule has 0 radical (unpaired) electrons. The van der Waals surface area contributed by atoms with Crippen molar-refractivity contribution in [2.45, 2.75) is 95.5 Å². The molecule has 19 nitrogen and oxygen atoms in total. The van der Waals surface area contributed by atoms with Gasteiger partial charge in [0.25, 0.3) is 0 Å². The zero-order chi connectivity index (χ0) is 47.6. The maximum absolute atomic E-state index is 14.2. The Morgan fingerprint density at radius 2 is 1.56 bits per heavy atom. The van der Waals surface area contributed by atoms with E-state index in [-0.39, 0.29) is 30.1 Å². The summed E-state index contributed by atoms with van der Waals surface area (Å²) < 4.78 is 21.9. The molecule has 6 amide bonds. The Hall–Kier alpha value is -6.01. The first kappa shape index (κ1) is 51.3. The molecule has 3 aromatic rings. The number of ether oxygens (including phenoxy) is 1. The van der Waals surface area contributed by atoms with Crippen molar-refractivity contribution in [2.24, 2.45) is 11.7 Å².